The van der Waals surface area contributed by atoms with Crippen LogP contribution in [0.3, 0.4) is 0 Å². The van der Waals surface area contributed by atoms with E-state index in [1.165, 1.54) is 44.1 Å². The van der Waals surface area contributed by atoms with Crippen molar-refractivity contribution >= 4 is 44.4 Å². The van der Waals surface area contributed by atoms with E-state index in [1.807, 2.05) is 25.1 Å². The van der Waals surface area contributed by atoms with Gasteiger partial charge in [0, 0.05) is 15.4 Å². The van der Waals surface area contributed by atoms with Crippen molar-refractivity contribution in [2.75, 3.05) is 38.6 Å². The topological polar surface area (TPSA) is 80.1 Å². The van der Waals surface area contributed by atoms with Gasteiger partial charge in [0.1, 0.15) is 31.9 Å². The summed E-state index contributed by atoms with van der Waals surface area (Å²) in [4.78, 5) is 31.6. The molecule has 1 aromatic heterocycles. The van der Waals surface area contributed by atoms with Crippen molar-refractivity contribution in [3.05, 3.63) is 28.4 Å². The molecule has 168 valence electrons. The number of halogens is 1. The quantitative estimate of drug-likeness (QED) is 0.473. The minimum Gasteiger partial charge on any atom is -0.464 e. The van der Waals surface area contributed by atoms with Gasteiger partial charge in [-0.25, -0.2) is 4.79 Å². The number of rotatable bonds is 5. The molecule has 8 heteroatoms. The number of carbonyl (C=O) groups is 2. The summed E-state index contributed by atoms with van der Waals surface area (Å²) in [6, 6.07) is 6.30. The number of aromatic amines is 1. The van der Waals surface area contributed by atoms with Crippen LogP contribution in [0, 0.1) is 0 Å². The highest BCUT2D eigenvalue weighted by atomic mass is 79.9. The van der Waals surface area contributed by atoms with E-state index in [0.29, 0.717) is 5.69 Å². The molecular formula is C23H33BrN4O3+2. The highest BCUT2D eigenvalue weighted by Crippen LogP contribution is 2.30. The highest BCUT2D eigenvalue weighted by Gasteiger charge is 2.35. The third kappa shape index (κ3) is 4.81. The average Bonchev–Trinajstić information content (AvgIpc) is 3.16. The number of quaternary nitrogens is 2. The summed E-state index contributed by atoms with van der Waals surface area (Å²) in [6.07, 6.45) is 6.83. The first kappa shape index (κ1) is 22.3. The summed E-state index contributed by atoms with van der Waals surface area (Å²) >= 11 is 3.48. The van der Waals surface area contributed by atoms with Crippen molar-refractivity contribution in [1.29, 1.82) is 0 Å². The van der Waals surface area contributed by atoms with Crippen molar-refractivity contribution in [2.24, 2.45) is 0 Å². The number of ether oxygens (including phenoxy) is 1. The van der Waals surface area contributed by atoms with Crippen LogP contribution in [0.2, 0.25) is 0 Å². The number of H-pyrrole nitrogens is 1. The fourth-order valence-corrected chi connectivity index (χ4v) is 5.57. The van der Waals surface area contributed by atoms with Crippen LogP contribution in [0.1, 0.15) is 49.5 Å². The van der Waals surface area contributed by atoms with Crippen LogP contribution in [0.4, 0.5) is 5.69 Å². The first-order chi connectivity index (χ1) is 15.0. The van der Waals surface area contributed by atoms with Crippen LogP contribution in [0.25, 0.3) is 10.9 Å². The summed E-state index contributed by atoms with van der Waals surface area (Å²) in [5.74, 6) is -0.561. The lowest BCUT2D eigenvalue weighted by Crippen LogP contribution is -3.31. The van der Waals surface area contributed by atoms with Crippen molar-refractivity contribution in [1.82, 2.24) is 4.98 Å². The van der Waals surface area contributed by atoms with Gasteiger partial charge in [0.05, 0.1) is 18.8 Å². The zero-order valence-corrected chi connectivity index (χ0v) is 19.9. The molecule has 31 heavy (non-hydrogen) atoms. The van der Waals surface area contributed by atoms with E-state index in [2.05, 4.69) is 26.2 Å². The number of fused-ring (bicyclic) bond motifs is 1. The molecule has 1 aromatic carbocycles. The van der Waals surface area contributed by atoms with Crippen molar-refractivity contribution in [3.8, 4) is 0 Å². The van der Waals surface area contributed by atoms with Crippen molar-refractivity contribution in [2.45, 2.75) is 51.1 Å². The van der Waals surface area contributed by atoms with Crippen LogP contribution in [0.15, 0.2) is 22.7 Å². The summed E-state index contributed by atoms with van der Waals surface area (Å²) in [5.41, 5.74) is 1.55. The van der Waals surface area contributed by atoms with Crippen molar-refractivity contribution < 1.29 is 24.1 Å². The molecule has 2 heterocycles. The third-order valence-corrected chi connectivity index (χ3v) is 7.61. The van der Waals surface area contributed by atoms with Crippen LogP contribution < -0.4 is 15.1 Å². The molecule has 2 aromatic rings. The maximum Gasteiger partial charge on any atom is 0.356 e. The first-order valence-electron chi connectivity index (χ1n) is 11.4. The molecule has 1 saturated heterocycles. The van der Waals surface area contributed by atoms with Gasteiger partial charge in [-0.2, -0.15) is 0 Å². The lowest BCUT2D eigenvalue weighted by Gasteiger charge is -2.37. The fourth-order valence-electron chi connectivity index (χ4n) is 5.21. The zero-order valence-electron chi connectivity index (χ0n) is 18.4. The number of hydrogen-bond donors (Lipinski definition) is 4. The molecule has 4 N–H and O–H groups in total. The Morgan fingerprint density at radius 2 is 1.87 bits per heavy atom. The number of anilines is 1. The molecule has 1 saturated carbocycles. The van der Waals surface area contributed by atoms with Crippen LogP contribution in [-0.2, 0) is 9.53 Å². The molecule has 2 aliphatic rings. The number of aromatic nitrogens is 1. The summed E-state index contributed by atoms with van der Waals surface area (Å²) < 4.78 is 5.80. The molecule has 4 rings (SSSR count). The van der Waals surface area contributed by atoms with E-state index in [9.17, 15) is 9.59 Å². The zero-order chi connectivity index (χ0) is 22.0. The summed E-state index contributed by atoms with van der Waals surface area (Å²) in [5, 5.41) is 3.82. The lowest BCUT2D eigenvalue weighted by atomic mass is 9.94. The summed E-state index contributed by atoms with van der Waals surface area (Å²) in [7, 11) is 1.34. The van der Waals surface area contributed by atoms with E-state index in [4.69, 9.17) is 4.74 Å². The predicted octanol–water partition coefficient (Wildman–Crippen LogP) is 1.16. The standard InChI is InChI=1S/C23H31BrN4O3/c1-15(27-10-12-28(13-11-27)17-6-4-3-5-7-17)22(29)26-20-18-14-16(24)8-9-19(18)25-21(20)23(30)31-2/h8-9,14-15,17,25H,3-7,10-13H2,1-2H3,(H,26,29)/p+2/t15-/m0/s1. The maximum atomic E-state index is 13.2. The van der Waals surface area contributed by atoms with E-state index in [-0.39, 0.29) is 17.6 Å². The number of esters is 1. The third-order valence-electron chi connectivity index (χ3n) is 7.12. The molecular weight excluding hydrogens is 460 g/mol. The van der Waals surface area contributed by atoms with Gasteiger partial charge in [-0.3, -0.25) is 4.79 Å². The van der Waals surface area contributed by atoms with Gasteiger partial charge in [-0.05, 0) is 50.8 Å². The molecule has 0 bridgehead atoms. The van der Waals surface area contributed by atoms with E-state index >= 15 is 0 Å². The smallest absolute Gasteiger partial charge is 0.356 e. The van der Waals surface area contributed by atoms with Gasteiger partial charge in [-0.15, -0.1) is 0 Å². The Bertz CT molecular complexity index is 946. The number of benzene rings is 1. The number of amides is 1. The number of piperazine rings is 1. The highest BCUT2D eigenvalue weighted by molar-refractivity contribution is 9.10. The lowest BCUT2D eigenvalue weighted by molar-refractivity contribution is -1.03. The van der Waals surface area contributed by atoms with Gasteiger partial charge in [-0.1, -0.05) is 22.4 Å². The first-order valence-corrected chi connectivity index (χ1v) is 12.2. The van der Waals surface area contributed by atoms with E-state index < -0.39 is 5.97 Å². The molecule has 1 amide bonds. The average molecular weight is 493 g/mol. The molecule has 1 aliphatic heterocycles. The Labute approximate surface area is 191 Å². The second kappa shape index (κ2) is 9.71. The maximum absolute atomic E-state index is 13.2. The molecule has 1 aliphatic carbocycles. The Morgan fingerprint density at radius 1 is 1.16 bits per heavy atom. The Balaban J connectivity index is 1.45. The van der Waals surface area contributed by atoms with Crippen LogP contribution in [0.5, 0.6) is 0 Å². The molecule has 0 unspecified atom stereocenters. The van der Waals surface area contributed by atoms with Crippen LogP contribution in [-0.4, -0.2) is 62.2 Å². The van der Waals surface area contributed by atoms with Gasteiger partial charge < -0.3 is 24.8 Å². The molecule has 1 atom stereocenters. The monoisotopic (exact) mass is 492 g/mol. The second-order valence-corrected chi connectivity index (χ2v) is 9.83. The molecule has 0 spiro atoms. The molecule has 7 nitrogen and oxygen atoms in total. The molecule has 2 fully saturated rings. The predicted molar refractivity (Wildman–Crippen MR) is 124 cm³/mol. The number of methoxy groups -OCH3 is 1. The van der Waals surface area contributed by atoms with Gasteiger partial charge in [0.2, 0.25) is 0 Å². The van der Waals surface area contributed by atoms with Gasteiger partial charge >= 0.3 is 5.97 Å². The SMILES string of the molecule is COC(=O)c1[nH]c2ccc(Br)cc2c1NC(=O)[C@H](C)[NH+]1CC[NH+](C2CCCCC2)CC1. The minimum absolute atomic E-state index is 0.0675. The fraction of sp³-hybridized carbons (Fsp3) is 0.565. The van der Waals surface area contributed by atoms with Crippen LogP contribution >= 0.6 is 15.9 Å². The Morgan fingerprint density at radius 3 is 2.55 bits per heavy atom. The van der Waals surface area contributed by atoms with E-state index in [0.717, 1.165) is 47.6 Å². The number of nitrogens with one attached hydrogen (secondary N) is 4. The molecule has 0 radical (unpaired) electrons. The minimum atomic E-state index is -0.493. The van der Waals surface area contributed by atoms with Crippen molar-refractivity contribution in [3.63, 3.8) is 0 Å². The summed E-state index contributed by atoms with van der Waals surface area (Å²) in [6.45, 7) is 6.25. The Hall–Kier alpha value is -1.90. The van der Waals surface area contributed by atoms with Gasteiger partial charge in [0.25, 0.3) is 5.91 Å². The number of carbonyl (C=O) groups excluding carboxylic acids is 2. The normalized spacial score (nSPS) is 23.5. The van der Waals surface area contributed by atoms with Gasteiger partial charge in [0.15, 0.2) is 6.04 Å². The Kier molecular flexibility index (Phi) is 6.99. The number of hydrogen-bond acceptors (Lipinski definition) is 3. The van der Waals surface area contributed by atoms with E-state index in [1.54, 1.807) is 4.90 Å². The largest absolute Gasteiger partial charge is 0.464 e. The second-order valence-electron chi connectivity index (χ2n) is 8.92.